The summed E-state index contributed by atoms with van der Waals surface area (Å²) in [6, 6.07) is 19.6. The van der Waals surface area contributed by atoms with Gasteiger partial charge in [0.1, 0.15) is 5.60 Å². The fourth-order valence-corrected chi connectivity index (χ4v) is 4.18. The second-order valence-electron chi connectivity index (χ2n) is 8.31. The number of benzene rings is 2. The monoisotopic (exact) mass is 392 g/mol. The third-order valence-electron chi connectivity index (χ3n) is 5.65. The van der Waals surface area contributed by atoms with Crippen LogP contribution in [0.2, 0.25) is 0 Å². The van der Waals surface area contributed by atoms with Crippen LogP contribution in [0.25, 0.3) is 0 Å². The number of rotatable bonds is 6. The summed E-state index contributed by atoms with van der Waals surface area (Å²) < 4.78 is 0. The number of piperidine rings is 1. The van der Waals surface area contributed by atoms with Crippen LogP contribution in [0.3, 0.4) is 0 Å². The topological polar surface area (TPSA) is 52.6 Å². The predicted octanol–water partition coefficient (Wildman–Crippen LogP) is 4.70. The molecular formula is C25H32N2O2. The predicted molar refractivity (Wildman–Crippen MR) is 118 cm³/mol. The molecule has 1 unspecified atom stereocenters. The lowest BCUT2D eigenvalue weighted by molar-refractivity contribution is 0.108. The van der Waals surface area contributed by atoms with Gasteiger partial charge in [-0.2, -0.15) is 0 Å². The van der Waals surface area contributed by atoms with E-state index in [-0.39, 0.29) is 18.0 Å². The van der Waals surface area contributed by atoms with E-state index in [0.29, 0.717) is 13.0 Å². The maximum atomic E-state index is 12.4. The van der Waals surface area contributed by atoms with Crippen molar-refractivity contribution >= 4 is 6.03 Å². The van der Waals surface area contributed by atoms with E-state index in [1.165, 1.54) is 0 Å². The molecule has 2 amide bonds. The minimum absolute atomic E-state index is 0.00306. The quantitative estimate of drug-likeness (QED) is 0.700. The largest absolute Gasteiger partial charge is 0.376 e. The smallest absolute Gasteiger partial charge is 0.317 e. The van der Waals surface area contributed by atoms with E-state index in [0.717, 1.165) is 36.1 Å². The summed E-state index contributed by atoms with van der Waals surface area (Å²) in [5.41, 5.74) is 1.17. The van der Waals surface area contributed by atoms with Crippen LogP contribution in [0.5, 0.6) is 0 Å². The van der Waals surface area contributed by atoms with Gasteiger partial charge in [0, 0.05) is 19.1 Å². The molecule has 1 atom stereocenters. The standard InChI is InChI=1S/C25H32N2O2/c1-19(2)26-24(28)27-16-10-11-21(18-27)17-20(3)25(29,22-12-6-4-7-13-22)23-14-8-5-9-15-23/h4-9,12-15,19,21,29H,3,10-11,16-18H2,1-2H3,(H,26,28). The average molecular weight is 393 g/mol. The van der Waals surface area contributed by atoms with Gasteiger partial charge in [0.15, 0.2) is 0 Å². The molecule has 1 saturated heterocycles. The molecule has 1 aliphatic rings. The van der Waals surface area contributed by atoms with E-state index in [1.807, 2.05) is 79.4 Å². The van der Waals surface area contributed by atoms with Crippen LogP contribution in [0.15, 0.2) is 72.8 Å². The van der Waals surface area contributed by atoms with Crippen molar-refractivity contribution in [1.82, 2.24) is 10.2 Å². The Morgan fingerprint density at radius 2 is 1.69 bits per heavy atom. The zero-order chi connectivity index (χ0) is 20.9. The summed E-state index contributed by atoms with van der Waals surface area (Å²) in [6.45, 7) is 9.74. The van der Waals surface area contributed by atoms with Gasteiger partial charge in [0.05, 0.1) is 0 Å². The molecule has 0 saturated carbocycles. The Bertz CT molecular complexity index is 778. The van der Waals surface area contributed by atoms with Crippen molar-refractivity contribution < 1.29 is 9.90 Å². The van der Waals surface area contributed by atoms with Crippen LogP contribution in [-0.4, -0.2) is 35.2 Å². The molecule has 1 heterocycles. The van der Waals surface area contributed by atoms with Crippen molar-refractivity contribution in [2.45, 2.75) is 44.8 Å². The number of urea groups is 1. The van der Waals surface area contributed by atoms with Crippen molar-refractivity contribution in [3.8, 4) is 0 Å². The lowest BCUT2D eigenvalue weighted by atomic mass is 9.76. The van der Waals surface area contributed by atoms with Crippen LogP contribution in [0.1, 0.15) is 44.2 Å². The zero-order valence-corrected chi connectivity index (χ0v) is 17.5. The van der Waals surface area contributed by atoms with Gasteiger partial charge in [-0.05, 0) is 55.7 Å². The van der Waals surface area contributed by atoms with Gasteiger partial charge in [-0.3, -0.25) is 0 Å². The van der Waals surface area contributed by atoms with Crippen molar-refractivity contribution in [2.75, 3.05) is 13.1 Å². The molecule has 4 nitrogen and oxygen atoms in total. The lowest BCUT2D eigenvalue weighted by Gasteiger charge is -2.37. The van der Waals surface area contributed by atoms with Crippen molar-refractivity contribution in [3.63, 3.8) is 0 Å². The number of amides is 2. The van der Waals surface area contributed by atoms with Gasteiger partial charge in [-0.15, -0.1) is 0 Å². The second-order valence-corrected chi connectivity index (χ2v) is 8.31. The molecule has 0 bridgehead atoms. The molecule has 4 heteroatoms. The van der Waals surface area contributed by atoms with Crippen LogP contribution in [0, 0.1) is 5.92 Å². The van der Waals surface area contributed by atoms with Gasteiger partial charge < -0.3 is 15.3 Å². The van der Waals surface area contributed by atoms with E-state index in [9.17, 15) is 9.90 Å². The van der Waals surface area contributed by atoms with Gasteiger partial charge >= 0.3 is 6.03 Å². The molecular weight excluding hydrogens is 360 g/mol. The Labute approximate surface area is 174 Å². The first kappa shape index (κ1) is 21.1. The summed E-state index contributed by atoms with van der Waals surface area (Å²) in [6.07, 6.45) is 2.68. The first-order chi connectivity index (χ1) is 13.9. The minimum Gasteiger partial charge on any atom is -0.376 e. The number of nitrogens with zero attached hydrogens (tertiary/aromatic N) is 1. The number of likely N-dealkylation sites (tertiary alicyclic amines) is 1. The first-order valence-electron chi connectivity index (χ1n) is 10.5. The van der Waals surface area contributed by atoms with Crippen molar-refractivity contribution in [2.24, 2.45) is 5.92 Å². The summed E-state index contributed by atoms with van der Waals surface area (Å²) in [7, 11) is 0. The third-order valence-corrected chi connectivity index (χ3v) is 5.65. The highest BCUT2D eigenvalue weighted by atomic mass is 16.3. The fraction of sp³-hybridized carbons (Fsp3) is 0.400. The Kier molecular flexibility index (Phi) is 6.75. The Balaban J connectivity index is 1.80. The average Bonchev–Trinajstić information content (AvgIpc) is 2.74. The summed E-state index contributed by atoms with van der Waals surface area (Å²) in [5.74, 6) is 0.285. The molecule has 29 heavy (non-hydrogen) atoms. The third kappa shape index (κ3) is 4.88. The fourth-order valence-electron chi connectivity index (χ4n) is 4.18. The first-order valence-corrected chi connectivity index (χ1v) is 10.5. The maximum absolute atomic E-state index is 12.4. The molecule has 2 N–H and O–H groups in total. The number of carbonyl (C=O) groups excluding carboxylic acids is 1. The highest BCUT2D eigenvalue weighted by Gasteiger charge is 2.36. The van der Waals surface area contributed by atoms with Crippen LogP contribution < -0.4 is 5.32 Å². The molecule has 3 rings (SSSR count). The number of carbonyl (C=O) groups is 1. The highest BCUT2D eigenvalue weighted by Crippen LogP contribution is 2.39. The van der Waals surface area contributed by atoms with Gasteiger partial charge in [0.25, 0.3) is 0 Å². The molecule has 154 valence electrons. The number of nitrogens with one attached hydrogen (secondary N) is 1. The Morgan fingerprint density at radius 1 is 1.14 bits per heavy atom. The molecule has 0 aromatic heterocycles. The number of aliphatic hydroxyl groups is 1. The molecule has 2 aromatic rings. The highest BCUT2D eigenvalue weighted by molar-refractivity contribution is 5.74. The zero-order valence-electron chi connectivity index (χ0n) is 17.5. The molecule has 0 spiro atoms. The van der Waals surface area contributed by atoms with Crippen LogP contribution >= 0.6 is 0 Å². The number of hydrogen-bond donors (Lipinski definition) is 2. The molecule has 2 aromatic carbocycles. The lowest BCUT2D eigenvalue weighted by Crippen LogP contribution is -2.47. The molecule has 1 fully saturated rings. The maximum Gasteiger partial charge on any atom is 0.317 e. The summed E-state index contributed by atoms with van der Waals surface area (Å²) >= 11 is 0. The van der Waals surface area contributed by atoms with Crippen LogP contribution in [0.4, 0.5) is 4.79 Å². The van der Waals surface area contributed by atoms with Crippen LogP contribution in [-0.2, 0) is 5.60 Å². The van der Waals surface area contributed by atoms with E-state index in [2.05, 4.69) is 11.9 Å². The normalized spacial score (nSPS) is 17.2. The molecule has 1 aliphatic heterocycles. The summed E-state index contributed by atoms with van der Waals surface area (Å²) in [4.78, 5) is 14.3. The van der Waals surface area contributed by atoms with Gasteiger partial charge in [-0.1, -0.05) is 67.2 Å². The Morgan fingerprint density at radius 3 is 2.21 bits per heavy atom. The molecule has 0 radical (unpaired) electrons. The minimum atomic E-state index is -1.25. The van der Waals surface area contributed by atoms with E-state index in [4.69, 9.17) is 0 Å². The van der Waals surface area contributed by atoms with Crippen molar-refractivity contribution in [3.05, 3.63) is 83.9 Å². The molecule has 0 aliphatic carbocycles. The van der Waals surface area contributed by atoms with Gasteiger partial charge in [0.2, 0.25) is 0 Å². The Hall–Kier alpha value is -2.59. The van der Waals surface area contributed by atoms with E-state index >= 15 is 0 Å². The SMILES string of the molecule is C=C(CC1CCCN(C(=O)NC(C)C)C1)C(O)(c1ccccc1)c1ccccc1. The number of hydrogen-bond acceptors (Lipinski definition) is 2. The van der Waals surface area contributed by atoms with E-state index in [1.54, 1.807) is 0 Å². The second kappa shape index (κ2) is 9.27. The van der Waals surface area contributed by atoms with Gasteiger partial charge in [-0.25, -0.2) is 4.79 Å². The van der Waals surface area contributed by atoms with E-state index < -0.39 is 5.60 Å². The van der Waals surface area contributed by atoms with Crippen molar-refractivity contribution in [1.29, 1.82) is 0 Å². The summed E-state index contributed by atoms with van der Waals surface area (Å²) in [5, 5.41) is 14.8.